The van der Waals surface area contributed by atoms with Crippen molar-refractivity contribution in [2.75, 3.05) is 32.7 Å². The van der Waals surface area contributed by atoms with Crippen LogP contribution in [0, 0.1) is 11.8 Å². The lowest BCUT2D eigenvalue weighted by molar-refractivity contribution is -0.140. The van der Waals surface area contributed by atoms with Gasteiger partial charge in [-0.25, -0.2) is 0 Å². The molecule has 0 aromatic rings. The summed E-state index contributed by atoms with van der Waals surface area (Å²) in [6, 6.07) is 0. The minimum absolute atomic E-state index is 0.202. The molecule has 2 aliphatic rings. The van der Waals surface area contributed by atoms with Gasteiger partial charge in [-0.15, -0.1) is 0 Å². The zero-order valence-corrected chi connectivity index (χ0v) is 13.4. The summed E-state index contributed by atoms with van der Waals surface area (Å²) in [4.78, 5) is 17.2. The molecule has 116 valence electrons. The Bertz CT molecular complexity index is 337. The Balaban J connectivity index is 1.88. The minimum Gasteiger partial charge on any atom is -0.339 e. The number of hydrogen-bond acceptors (Lipinski definition) is 3. The molecule has 2 unspecified atom stereocenters. The molecule has 1 saturated carbocycles. The third-order valence-electron chi connectivity index (χ3n) is 4.74. The molecule has 4 heteroatoms. The van der Waals surface area contributed by atoms with E-state index < -0.39 is 5.54 Å². The summed E-state index contributed by atoms with van der Waals surface area (Å²) >= 11 is 0. The Morgan fingerprint density at radius 3 is 2.50 bits per heavy atom. The molecule has 2 N–H and O–H groups in total. The van der Waals surface area contributed by atoms with Crippen LogP contribution in [0.5, 0.6) is 0 Å². The standard InChI is InChI=1S/C16H31N3O/c1-13(2)12-18-7-9-19(10-8-18)15(20)16(17)6-4-5-14(3)11-16/h13-14H,4-12,17H2,1-3H3. The van der Waals surface area contributed by atoms with Gasteiger partial charge in [0.2, 0.25) is 5.91 Å². The van der Waals surface area contributed by atoms with Crippen LogP contribution in [-0.2, 0) is 4.79 Å². The maximum atomic E-state index is 12.7. The summed E-state index contributed by atoms with van der Waals surface area (Å²) in [6.45, 7) is 11.5. The van der Waals surface area contributed by atoms with E-state index >= 15 is 0 Å². The molecule has 2 fully saturated rings. The van der Waals surface area contributed by atoms with Gasteiger partial charge in [-0.05, 0) is 24.7 Å². The molecule has 2 rings (SSSR count). The molecule has 0 radical (unpaired) electrons. The van der Waals surface area contributed by atoms with Crippen molar-refractivity contribution >= 4 is 5.91 Å². The fourth-order valence-corrected chi connectivity index (χ4v) is 3.75. The lowest BCUT2D eigenvalue weighted by Crippen LogP contribution is -2.61. The van der Waals surface area contributed by atoms with Gasteiger partial charge in [-0.2, -0.15) is 0 Å². The second-order valence-electron chi connectivity index (χ2n) is 7.34. The third-order valence-corrected chi connectivity index (χ3v) is 4.74. The maximum absolute atomic E-state index is 12.7. The Kier molecular flexibility index (Phi) is 5.08. The van der Waals surface area contributed by atoms with Gasteiger partial charge in [0, 0.05) is 32.7 Å². The summed E-state index contributed by atoms with van der Waals surface area (Å²) in [7, 11) is 0. The van der Waals surface area contributed by atoms with Gasteiger partial charge in [0.25, 0.3) is 0 Å². The zero-order valence-electron chi connectivity index (χ0n) is 13.4. The van der Waals surface area contributed by atoms with Crippen molar-refractivity contribution in [2.45, 2.75) is 52.0 Å². The Morgan fingerprint density at radius 2 is 1.95 bits per heavy atom. The first kappa shape index (κ1) is 15.8. The molecule has 1 amide bonds. The van der Waals surface area contributed by atoms with Crippen molar-refractivity contribution in [3.05, 3.63) is 0 Å². The highest BCUT2D eigenvalue weighted by molar-refractivity contribution is 5.86. The van der Waals surface area contributed by atoms with Crippen LogP contribution in [0.25, 0.3) is 0 Å². The van der Waals surface area contributed by atoms with Gasteiger partial charge >= 0.3 is 0 Å². The van der Waals surface area contributed by atoms with Gasteiger partial charge in [0.05, 0.1) is 5.54 Å². The highest BCUT2D eigenvalue weighted by Gasteiger charge is 2.41. The van der Waals surface area contributed by atoms with E-state index in [1.54, 1.807) is 0 Å². The second-order valence-corrected chi connectivity index (χ2v) is 7.34. The first-order valence-corrected chi connectivity index (χ1v) is 8.21. The van der Waals surface area contributed by atoms with Gasteiger partial charge in [0.1, 0.15) is 0 Å². The van der Waals surface area contributed by atoms with Crippen LogP contribution in [0.2, 0.25) is 0 Å². The molecule has 1 saturated heterocycles. The van der Waals surface area contributed by atoms with Gasteiger partial charge in [-0.1, -0.05) is 33.6 Å². The van der Waals surface area contributed by atoms with E-state index in [0.29, 0.717) is 11.8 Å². The number of nitrogens with zero attached hydrogens (tertiary/aromatic N) is 2. The Morgan fingerprint density at radius 1 is 1.30 bits per heavy atom. The number of amides is 1. The molecular weight excluding hydrogens is 250 g/mol. The zero-order chi connectivity index (χ0) is 14.8. The van der Waals surface area contributed by atoms with Crippen molar-refractivity contribution in [1.29, 1.82) is 0 Å². The molecule has 0 aromatic carbocycles. The summed E-state index contributed by atoms with van der Waals surface area (Å²) in [6.07, 6.45) is 4.03. The molecule has 0 spiro atoms. The molecule has 1 aliphatic carbocycles. The summed E-state index contributed by atoms with van der Waals surface area (Å²) < 4.78 is 0. The van der Waals surface area contributed by atoms with E-state index in [1.807, 2.05) is 4.90 Å². The number of carbonyl (C=O) groups excluding carboxylic acids is 1. The van der Waals surface area contributed by atoms with E-state index in [2.05, 4.69) is 25.7 Å². The number of piperazine rings is 1. The van der Waals surface area contributed by atoms with Crippen molar-refractivity contribution in [3.8, 4) is 0 Å². The largest absolute Gasteiger partial charge is 0.339 e. The smallest absolute Gasteiger partial charge is 0.242 e. The minimum atomic E-state index is -0.585. The van der Waals surface area contributed by atoms with Crippen LogP contribution < -0.4 is 5.73 Å². The highest BCUT2D eigenvalue weighted by atomic mass is 16.2. The topological polar surface area (TPSA) is 49.6 Å². The molecule has 1 heterocycles. The fourth-order valence-electron chi connectivity index (χ4n) is 3.75. The molecule has 4 nitrogen and oxygen atoms in total. The lowest BCUT2D eigenvalue weighted by Gasteiger charge is -2.42. The average molecular weight is 281 g/mol. The van der Waals surface area contributed by atoms with Crippen LogP contribution in [0.4, 0.5) is 0 Å². The predicted molar refractivity (Wildman–Crippen MR) is 82.4 cm³/mol. The quantitative estimate of drug-likeness (QED) is 0.856. The van der Waals surface area contributed by atoms with Crippen molar-refractivity contribution in [1.82, 2.24) is 9.80 Å². The van der Waals surface area contributed by atoms with Crippen molar-refractivity contribution < 1.29 is 4.79 Å². The van der Waals surface area contributed by atoms with Crippen LogP contribution >= 0.6 is 0 Å². The molecule has 0 aromatic heterocycles. The van der Waals surface area contributed by atoms with Crippen molar-refractivity contribution in [2.24, 2.45) is 17.6 Å². The van der Waals surface area contributed by atoms with Gasteiger partial charge in [0.15, 0.2) is 0 Å². The second kappa shape index (κ2) is 6.44. The SMILES string of the molecule is CC(C)CN1CCN(C(=O)C2(N)CCCC(C)C2)CC1. The highest BCUT2D eigenvalue weighted by Crippen LogP contribution is 2.32. The first-order chi connectivity index (χ1) is 9.40. The lowest BCUT2D eigenvalue weighted by atomic mass is 9.76. The number of rotatable bonds is 3. The van der Waals surface area contributed by atoms with E-state index in [0.717, 1.165) is 52.0 Å². The Hall–Kier alpha value is -0.610. The summed E-state index contributed by atoms with van der Waals surface area (Å²) in [5, 5.41) is 0. The summed E-state index contributed by atoms with van der Waals surface area (Å²) in [5.74, 6) is 1.48. The molecule has 20 heavy (non-hydrogen) atoms. The monoisotopic (exact) mass is 281 g/mol. The number of carbonyl (C=O) groups is 1. The molecule has 1 aliphatic heterocycles. The van der Waals surface area contributed by atoms with E-state index in [9.17, 15) is 4.79 Å². The molecule has 0 bridgehead atoms. The molecular formula is C16H31N3O. The van der Waals surface area contributed by atoms with Gasteiger partial charge in [-0.3, -0.25) is 9.69 Å². The van der Waals surface area contributed by atoms with Gasteiger partial charge < -0.3 is 10.6 Å². The molecule has 2 atom stereocenters. The van der Waals surface area contributed by atoms with Crippen LogP contribution in [0.1, 0.15) is 46.5 Å². The van der Waals surface area contributed by atoms with Crippen molar-refractivity contribution in [3.63, 3.8) is 0 Å². The fraction of sp³-hybridized carbons (Fsp3) is 0.938. The maximum Gasteiger partial charge on any atom is 0.242 e. The van der Waals surface area contributed by atoms with E-state index in [1.165, 1.54) is 6.42 Å². The van der Waals surface area contributed by atoms with Crippen LogP contribution in [0.15, 0.2) is 0 Å². The van der Waals surface area contributed by atoms with E-state index in [4.69, 9.17) is 5.73 Å². The number of nitrogens with two attached hydrogens (primary N) is 1. The third kappa shape index (κ3) is 3.73. The van der Waals surface area contributed by atoms with Crippen LogP contribution in [0.3, 0.4) is 0 Å². The summed E-state index contributed by atoms with van der Waals surface area (Å²) in [5.41, 5.74) is 5.85. The predicted octanol–water partition coefficient (Wildman–Crippen LogP) is 1.69. The Labute approximate surface area is 123 Å². The first-order valence-electron chi connectivity index (χ1n) is 8.21. The van der Waals surface area contributed by atoms with Crippen LogP contribution in [-0.4, -0.2) is 54.0 Å². The average Bonchev–Trinajstić information content (AvgIpc) is 2.38. The normalized spacial score (nSPS) is 32.6. The van der Waals surface area contributed by atoms with E-state index in [-0.39, 0.29) is 5.91 Å². The number of hydrogen-bond donors (Lipinski definition) is 1.